The lowest BCUT2D eigenvalue weighted by atomic mass is 10.3. The van der Waals surface area contributed by atoms with E-state index in [4.69, 9.17) is 0 Å². The maximum Gasteiger partial charge on any atom is 0.261 e. The highest BCUT2D eigenvalue weighted by Crippen LogP contribution is 2.36. The molecule has 17 heavy (non-hydrogen) atoms. The van der Waals surface area contributed by atoms with Crippen LogP contribution in [0.3, 0.4) is 0 Å². The van der Waals surface area contributed by atoms with E-state index in [2.05, 4.69) is 32.7 Å². The number of halogens is 1. The average molecular weight is 330 g/mol. The van der Waals surface area contributed by atoms with Gasteiger partial charge in [0.05, 0.1) is 4.88 Å². The van der Waals surface area contributed by atoms with Gasteiger partial charge in [0.15, 0.2) is 0 Å². The summed E-state index contributed by atoms with van der Waals surface area (Å²) in [6.07, 6.45) is 2.58. The van der Waals surface area contributed by atoms with Crippen molar-refractivity contribution in [1.82, 2.24) is 5.32 Å². The zero-order valence-corrected chi connectivity index (χ0v) is 12.3. The normalized spacial score (nSPS) is 17.2. The van der Waals surface area contributed by atoms with Crippen molar-refractivity contribution >= 4 is 53.9 Å². The Balaban J connectivity index is 1.63. The Hall–Kier alpha value is -0.390. The van der Waals surface area contributed by atoms with Crippen LogP contribution in [-0.2, 0) is 0 Å². The highest BCUT2D eigenvalue weighted by molar-refractivity contribution is 9.09. The van der Waals surface area contributed by atoms with Gasteiger partial charge in [-0.3, -0.25) is 4.79 Å². The molecule has 0 saturated heterocycles. The molecule has 1 atom stereocenters. The van der Waals surface area contributed by atoms with E-state index in [1.165, 1.54) is 22.2 Å². The third kappa shape index (κ3) is 2.56. The predicted molar refractivity (Wildman–Crippen MR) is 77.5 cm³/mol. The summed E-state index contributed by atoms with van der Waals surface area (Å²) < 4.78 is 2.41. The van der Waals surface area contributed by atoms with E-state index in [1.807, 2.05) is 6.07 Å². The molecule has 3 rings (SSSR count). The molecule has 2 aromatic rings. The van der Waals surface area contributed by atoms with Gasteiger partial charge in [-0.2, -0.15) is 0 Å². The third-order valence-electron chi connectivity index (χ3n) is 2.95. The molecule has 0 radical (unpaired) electrons. The summed E-state index contributed by atoms with van der Waals surface area (Å²) in [6.45, 7) is 0.731. The number of amides is 1. The Morgan fingerprint density at radius 3 is 3.06 bits per heavy atom. The van der Waals surface area contributed by atoms with Gasteiger partial charge in [0.25, 0.3) is 5.91 Å². The summed E-state index contributed by atoms with van der Waals surface area (Å²) in [6, 6.07) is 4.05. The van der Waals surface area contributed by atoms with Crippen molar-refractivity contribution in [3.05, 3.63) is 22.4 Å². The molecule has 1 fully saturated rings. The van der Waals surface area contributed by atoms with Crippen molar-refractivity contribution in [2.45, 2.75) is 17.7 Å². The maximum atomic E-state index is 11.9. The topological polar surface area (TPSA) is 29.1 Å². The molecule has 1 unspecified atom stereocenters. The molecule has 0 aromatic carbocycles. The fourth-order valence-corrected chi connectivity index (χ4v) is 4.50. The van der Waals surface area contributed by atoms with E-state index < -0.39 is 0 Å². The lowest BCUT2D eigenvalue weighted by Gasteiger charge is -2.08. The smallest absolute Gasteiger partial charge is 0.261 e. The van der Waals surface area contributed by atoms with E-state index in [-0.39, 0.29) is 5.91 Å². The second kappa shape index (κ2) is 4.71. The Morgan fingerprint density at radius 1 is 1.53 bits per heavy atom. The van der Waals surface area contributed by atoms with Crippen molar-refractivity contribution < 1.29 is 4.79 Å². The summed E-state index contributed by atoms with van der Waals surface area (Å²) in [7, 11) is 0. The van der Waals surface area contributed by atoms with Crippen molar-refractivity contribution in [1.29, 1.82) is 0 Å². The van der Waals surface area contributed by atoms with Gasteiger partial charge in [0.1, 0.15) is 0 Å². The summed E-state index contributed by atoms with van der Waals surface area (Å²) in [5.74, 6) is 0.825. The van der Waals surface area contributed by atoms with E-state index in [0.717, 1.165) is 17.3 Å². The fourth-order valence-electron chi connectivity index (χ4n) is 1.78. The highest BCUT2D eigenvalue weighted by Gasteiger charge is 2.29. The lowest BCUT2D eigenvalue weighted by molar-refractivity contribution is 0.0957. The van der Waals surface area contributed by atoms with Crippen LogP contribution in [0.25, 0.3) is 9.40 Å². The molecule has 1 aliphatic rings. The minimum Gasteiger partial charge on any atom is -0.350 e. The first kappa shape index (κ1) is 11.7. The number of nitrogens with one attached hydrogen (secondary N) is 1. The number of carbonyl (C=O) groups is 1. The molecule has 2 aromatic heterocycles. The number of carbonyl (C=O) groups excluding carboxylic acids is 1. The van der Waals surface area contributed by atoms with Gasteiger partial charge in [-0.15, -0.1) is 22.7 Å². The van der Waals surface area contributed by atoms with Gasteiger partial charge < -0.3 is 5.32 Å². The van der Waals surface area contributed by atoms with Crippen LogP contribution >= 0.6 is 38.6 Å². The molecule has 1 saturated carbocycles. The summed E-state index contributed by atoms with van der Waals surface area (Å²) in [5, 5.41) is 5.06. The second-order valence-corrected chi connectivity index (χ2v) is 7.53. The summed E-state index contributed by atoms with van der Waals surface area (Å²) >= 11 is 6.88. The van der Waals surface area contributed by atoms with E-state index in [1.54, 1.807) is 22.7 Å². The van der Waals surface area contributed by atoms with Crippen LogP contribution < -0.4 is 5.32 Å². The minimum atomic E-state index is 0.0588. The summed E-state index contributed by atoms with van der Waals surface area (Å²) in [4.78, 5) is 13.2. The first-order valence-corrected chi connectivity index (χ1v) is 8.24. The van der Waals surface area contributed by atoms with E-state index in [9.17, 15) is 4.79 Å². The van der Waals surface area contributed by atoms with Crippen LogP contribution in [-0.4, -0.2) is 17.3 Å². The van der Waals surface area contributed by atoms with E-state index in [0.29, 0.717) is 4.83 Å². The Labute approximate surface area is 116 Å². The molecular formula is C12H12BrNOS2. The fraction of sp³-hybridized carbons (Fsp3) is 0.417. The number of fused-ring (bicyclic) bond motifs is 1. The molecule has 0 bridgehead atoms. The first-order chi connectivity index (χ1) is 8.24. The standard InChI is InChI=1S/C12H12BrNOS2/c13-8(7-1-2-7)6-14-12(15)11-5-10-9(17-11)3-4-16-10/h3-5,7-8H,1-2,6H2,(H,14,15). The van der Waals surface area contributed by atoms with Crippen LogP contribution in [0.2, 0.25) is 0 Å². The van der Waals surface area contributed by atoms with Crippen molar-refractivity contribution in [3.63, 3.8) is 0 Å². The van der Waals surface area contributed by atoms with Crippen LogP contribution in [0.5, 0.6) is 0 Å². The zero-order valence-electron chi connectivity index (χ0n) is 9.11. The second-order valence-electron chi connectivity index (χ2n) is 4.32. The van der Waals surface area contributed by atoms with Crippen molar-refractivity contribution in [3.8, 4) is 0 Å². The van der Waals surface area contributed by atoms with Gasteiger partial charge in [-0.25, -0.2) is 0 Å². The Kier molecular flexibility index (Phi) is 3.23. The lowest BCUT2D eigenvalue weighted by Crippen LogP contribution is -2.29. The molecule has 1 N–H and O–H groups in total. The molecule has 90 valence electrons. The maximum absolute atomic E-state index is 11.9. The highest BCUT2D eigenvalue weighted by atomic mass is 79.9. The molecule has 1 aliphatic carbocycles. The van der Waals surface area contributed by atoms with E-state index >= 15 is 0 Å². The van der Waals surface area contributed by atoms with Crippen LogP contribution in [0.4, 0.5) is 0 Å². The average Bonchev–Trinajstić information content (AvgIpc) is 2.94. The molecule has 0 spiro atoms. The Morgan fingerprint density at radius 2 is 2.35 bits per heavy atom. The van der Waals surface area contributed by atoms with Gasteiger partial charge >= 0.3 is 0 Å². The van der Waals surface area contributed by atoms with Crippen molar-refractivity contribution in [2.75, 3.05) is 6.54 Å². The molecule has 5 heteroatoms. The molecule has 1 amide bonds. The first-order valence-electron chi connectivity index (χ1n) is 5.63. The largest absolute Gasteiger partial charge is 0.350 e. The van der Waals surface area contributed by atoms with Crippen LogP contribution in [0.15, 0.2) is 17.5 Å². The monoisotopic (exact) mass is 329 g/mol. The SMILES string of the molecule is O=C(NCC(Br)C1CC1)c1cc2sccc2s1. The summed E-state index contributed by atoms with van der Waals surface area (Å²) in [5.41, 5.74) is 0. The van der Waals surface area contributed by atoms with Crippen LogP contribution in [0, 0.1) is 5.92 Å². The number of thiophene rings is 2. The quantitative estimate of drug-likeness (QED) is 0.847. The number of hydrogen-bond donors (Lipinski definition) is 1. The molecular weight excluding hydrogens is 318 g/mol. The van der Waals surface area contributed by atoms with Crippen LogP contribution in [0.1, 0.15) is 22.5 Å². The zero-order chi connectivity index (χ0) is 11.8. The van der Waals surface area contributed by atoms with Gasteiger partial charge in [0.2, 0.25) is 0 Å². The third-order valence-corrected chi connectivity index (χ3v) is 6.12. The predicted octanol–water partition coefficient (Wildman–Crippen LogP) is 3.87. The molecule has 2 nitrogen and oxygen atoms in total. The number of hydrogen-bond acceptors (Lipinski definition) is 3. The number of rotatable bonds is 4. The van der Waals surface area contributed by atoms with Gasteiger partial charge in [-0.1, -0.05) is 15.9 Å². The Bertz CT molecular complexity index is 515. The molecule has 0 aliphatic heterocycles. The van der Waals surface area contributed by atoms with Gasteiger partial charge in [0, 0.05) is 20.8 Å². The molecule has 2 heterocycles. The van der Waals surface area contributed by atoms with Crippen molar-refractivity contribution in [2.24, 2.45) is 5.92 Å². The minimum absolute atomic E-state index is 0.0588. The number of alkyl halides is 1. The van der Waals surface area contributed by atoms with Gasteiger partial charge in [-0.05, 0) is 36.3 Å².